The lowest BCUT2D eigenvalue weighted by atomic mass is 10.0. The highest BCUT2D eigenvalue weighted by molar-refractivity contribution is 6.06. The summed E-state index contributed by atoms with van der Waals surface area (Å²) in [6.07, 6.45) is 7.07. The summed E-state index contributed by atoms with van der Waals surface area (Å²) in [5, 5.41) is 6.14. The standard InChI is InChI=1S/C29H26FN5O3/c1-3-23(36)35-14-10-18-15-29(18,35)11-7-17-16-31-12-8-19(17)25-26(24-21(33-25)9-13-32-28(24)37)34-22-6-4-5-20(30)27(22)38-2/h3-6,8,12,16,18,33-34H,1,9-10,13-15H2,2H3,(H,32,37). The first-order valence-electron chi connectivity index (χ1n) is 12.5. The summed E-state index contributed by atoms with van der Waals surface area (Å²) in [5.41, 5.74) is 3.69. The molecule has 1 aromatic carbocycles. The number of methoxy groups -OCH3 is 1. The van der Waals surface area contributed by atoms with E-state index in [2.05, 4.69) is 39.0 Å². The van der Waals surface area contributed by atoms with E-state index in [1.807, 2.05) is 11.0 Å². The van der Waals surface area contributed by atoms with Crippen LogP contribution in [-0.4, -0.2) is 52.4 Å². The number of carbonyl (C=O) groups is 2. The molecule has 8 nitrogen and oxygen atoms in total. The number of likely N-dealkylation sites (tertiary alicyclic amines) is 1. The zero-order valence-electron chi connectivity index (χ0n) is 20.9. The van der Waals surface area contributed by atoms with Crippen LogP contribution < -0.4 is 15.4 Å². The van der Waals surface area contributed by atoms with Crippen molar-refractivity contribution >= 4 is 23.2 Å². The van der Waals surface area contributed by atoms with Crippen molar-refractivity contribution in [2.45, 2.75) is 24.8 Å². The average Bonchev–Trinajstić information content (AvgIpc) is 3.33. The fraction of sp³-hybridized carbons (Fsp3) is 0.276. The van der Waals surface area contributed by atoms with Gasteiger partial charge in [-0.05, 0) is 43.0 Å². The maximum atomic E-state index is 14.5. The van der Waals surface area contributed by atoms with Gasteiger partial charge in [-0.25, -0.2) is 4.39 Å². The van der Waals surface area contributed by atoms with E-state index in [-0.39, 0.29) is 17.6 Å². The number of hydrogen-bond donors (Lipinski definition) is 3. The second-order valence-corrected chi connectivity index (χ2v) is 9.66. The van der Waals surface area contributed by atoms with Crippen LogP contribution in [0, 0.1) is 23.6 Å². The molecule has 38 heavy (non-hydrogen) atoms. The van der Waals surface area contributed by atoms with E-state index < -0.39 is 11.4 Å². The molecule has 1 aliphatic carbocycles. The molecule has 192 valence electrons. The summed E-state index contributed by atoms with van der Waals surface area (Å²) >= 11 is 0. The maximum absolute atomic E-state index is 14.5. The molecule has 2 unspecified atom stereocenters. The SMILES string of the molecule is C=CC(=O)N1CCC2CC21C#Cc1cnccc1-c1[nH]c2c(c1Nc1cccc(F)c1OC)C(=O)NCC2. The van der Waals surface area contributed by atoms with Gasteiger partial charge in [0.25, 0.3) is 5.91 Å². The second-order valence-electron chi connectivity index (χ2n) is 9.66. The molecule has 2 atom stereocenters. The molecular weight excluding hydrogens is 485 g/mol. The third-order valence-electron chi connectivity index (χ3n) is 7.60. The third kappa shape index (κ3) is 3.72. The smallest absolute Gasteiger partial charge is 0.255 e. The molecule has 4 heterocycles. The lowest BCUT2D eigenvalue weighted by Gasteiger charge is -2.22. The Hall–Kier alpha value is -4.58. The molecule has 0 bridgehead atoms. The number of fused-ring (bicyclic) bond motifs is 2. The van der Waals surface area contributed by atoms with Gasteiger partial charge in [0.2, 0.25) is 5.91 Å². The molecule has 2 aromatic heterocycles. The van der Waals surface area contributed by atoms with Gasteiger partial charge in [-0.2, -0.15) is 0 Å². The quantitative estimate of drug-likeness (QED) is 0.358. The maximum Gasteiger partial charge on any atom is 0.255 e. The van der Waals surface area contributed by atoms with E-state index in [1.165, 1.54) is 19.3 Å². The van der Waals surface area contributed by atoms with Crippen molar-refractivity contribution in [3.05, 3.63) is 72.0 Å². The number of anilines is 2. The van der Waals surface area contributed by atoms with E-state index in [0.717, 1.165) is 24.1 Å². The minimum absolute atomic E-state index is 0.0476. The van der Waals surface area contributed by atoms with Crippen LogP contribution in [0.2, 0.25) is 0 Å². The summed E-state index contributed by atoms with van der Waals surface area (Å²) in [5.74, 6) is 6.22. The number of H-pyrrole nitrogens is 1. The highest BCUT2D eigenvalue weighted by atomic mass is 19.1. The minimum Gasteiger partial charge on any atom is -0.492 e. The number of rotatable bonds is 5. The number of carbonyl (C=O) groups excluding carboxylic acids is 2. The second kappa shape index (κ2) is 9.06. The molecule has 9 heteroatoms. The van der Waals surface area contributed by atoms with Gasteiger partial charge in [0.1, 0.15) is 5.54 Å². The Balaban J connectivity index is 1.46. The number of nitrogens with zero attached hydrogens (tertiary/aromatic N) is 2. The molecule has 3 N–H and O–H groups in total. The molecule has 1 saturated heterocycles. The van der Waals surface area contributed by atoms with E-state index in [0.29, 0.717) is 53.6 Å². The number of halogens is 1. The van der Waals surface area contributed by atoms with E-state index in [4.69, 9.17) is 4.74 Å². The van der Waals surface area contributed by atoms with Crippen LogP contribution in [0.4, 0.5) is 15.8 Å². The van der Waals surface area contributed by atoms with Gasteiger partial charge in [0.05, 0.1) is 35.3 Å². The van der Waals surface area contributed by atoms with E-state index >= 15 is 0 Å². The first kappa shape index (κ1) is 23.8. The van der Waals surface area contributed by atoms with Crippen LogP contribution in [0.25, 0.3) is 11.3 Å². The number of pyridine rings is 1. The van der Waals surface area contributed by atoms with E-state index in [1.54, 1.807) is 24.5 Å². The topological polar surface area (TPSA) is 99.3 Å². The molecule has 0 spiro atoms. The van der Waals surface area contributed by atoms with Crippen molar-refractivity contribution in [1.82, 2.24) is 20.2 Å². The number of nitrogens with one attached hydrogen (secondary N) is 3. The molecular formula is C29H26FN5O3. The molecule has 2 fully saturated rings. The average molecular weight is 512 g/mol. The molecule has 3 aromatic rings. The van der Waals surface area contributed by atoms with Crippen molar-refractivity contribution in [3.63, 3.8) is 0 Å². The number of amides is 2. The molecule has 1 saturated carbocycles. The van der Waals surface area contributed by atoms with Gasteiger partial charge in [-0.15, -0.1) is 0 Å². The number of benzene rings is 1. The molecule has 6 rings (SSSR count). The van der Waals surface area contributed by atoms with Gasteiger partial charge in [0.15, 0.2) is 11.6 Å². The first-order valence-corrected chi connectivity index (χ1v) is 12.5. The van der Waals surface area contributed by atoms with Crippen molar-refractivity contribution in [3.8, 4) is 28.8 Å². The monoisotopic (exact) mass is 511 g/mol. The zero-order valence-corrected chi connectivity index (χ0v) is 20.9. The summed E-state index contributed by atoms with van der Waals surface area (Å²) in [6, 6.07) is 6.41. The van der Waals surface area contributed by atoms with Crippen LogP contribution in [0.3, 0.4) is 0 Å². The highest BCUT2D eigenvalue weighted by Crippen LogP contribution is 2.55. The number of aromatic amines is 1. The Labute approximate surface area is 219 Å². The van der Waals surface area contributed by atoms with Crippen molar-refractivity contribution < 1.29 is 18.7 Å². The van der Waals surface area contributed by atoms with Crippen LogP contribution in [0.1, 0.15) is 34.5 Å². The Kier molecular flexibility index (Phi) is 5.68. The summed E-state index contributed by atoms with van der Waals surface area (Å²) in [7, 11) is 1.40. The summed E-state index contributed by atoms with van der Waals surface area (Å²) in [6.45, 7) is 4.82. The number of hydrogen-bond acceptors (Lipinski definition) is 5. The van der Waals surface area contributed by atoms with Gasteiger partial charge in [-0.3, -0.25) is 14.6 Å². The predicted molar refractivity (Wildman–Crippen MR) is 141 cm³/mol. The van der Waals surface area contributed by atoms with Crippen molar-refractivity contribution in [1.29, 1.82) is 0 Å². The van der Waals surface area contributed by atoms with Gasteiger partial charge >= 0.3 is 0 Å². The lowest BCUT2D eigenvalue weighted by Crippen LogP contribution is -2.38. The minimum atomic E-state index is -0.517. The zero-order chi connectivity index (χ0) is 26.4. The number of ether oxygens (including phenoxy) is 1. The molecule has 3 aliphatic rings. The van der Waals surface area contributed by atoms with Crippen molar-refractivity contribution in [2.24, 2.45) is 5.92 Å². The first-order chi connectivity index (χ1) is 18.5. The van der Waals surface area contributed by atoms with Crippen LogP contribution >= 0.6 is 0 Å². The fourth-order valence-corrected chi connectivity index (χ4v) is 5.65. The van der Waals surface area contributed by atoms with Gasteiger partial charge in [-0.1, -0.05) is 24.5 Å². The Morgan fingerprint density at radius 3 is 3.05 bits per heavy atom. The number of para-hydroxylation sites is 1. The molecule has 2 aliphatic heterocycles. The number of aromatic nitrogens is 2. The number of piperidine rings is 1. The third-order valence-corrected chi connectivity index (χ3v) is 7.60. The fourth-order valence-electron chi connectivity index (χ4n) is 5.65. The summed E-state index contributed by atoms with van der Waals surface area (Å²) < 4.78 is 19.8. The van der Waals surface area contributed by atoms with Crippen molar-refractivity contribution in [2.75, 3.05) is 25.5 Å². The Morgan fingerprint density at radius 2 is 2.26 bits per heavy atom. The van der Waals surface area contributed by atoms with Gasteiger partial charge in [0, 0.05) is 43.2 Å². The molecule has 2 amide bonds. The lowest BCUT2D eigenvalue weighted by molar-refractivity contribution is -0.126. The van der Waals surface area contributed by atoms with E-state index in [9.17, 15) is 14.0 Å². The van der Waals surface area contributed by atoms with Crippen LogP contribution in [0.15, 0.2) is 49.3 Å². The highest BCUT2D eigenvalue weighted by Gasteiger charge is 2.62. The van der Waals surface area contributed by atoms with Crippen LogP contribution in [0.5, 0.6) is 5.75 Å². The summed E-state index contributed by atoms with van der Waals surface area (Å²) in [4.78, 5) is 34.9. The van der Waals surface area contributed by atoms with Crippen LogP contribution in [-0.2, 0) is 11.2 Å². The largest absolute Gasteiger partial charge is 0.492 e. The normalized spacial score (nSPS) is 20.9. The Bertz CT molecular complexity index is 1550. The van der Waals surface area contributed by atoms with Gasteiger partial charge < -0.3 is 25.3 Å². The predicted octanol–water partition coefficient (Wildman–Crippen LogP) is 3.78. The molecule has 0 radical (unpaired) electrons. The Morgan fingerprint density at radius 1 is 1.39 bits per heavy atom.